The molecule has 0 saturated carbocycles. The molecule has 0 aliphatic carbocycles. The predicted molar refractivity (Wildman–Crippen MR) is 108 cm³/mol. The van der Waals surface area contributed by atoms with E-state index in [-0.39, 0.29) is 43.1 Å². The highest BCUT2D eigenvalue weighted by atomic mass is 35.5. The van der Waals surface area contributed by atoms with Crippen LogP contribution >= 0.6 is 37.2 Å². The summed E-state index contributed by atoms with van der Waals surface area (Å²) in [6.07, 6.45) is 0.421. The summed E-state index contributed by atoms with van der Waals surface area (Å²) < 4.78 is 0. The molecule has 0 atom stereocenters. The molecule has 0 radical (unpaired) electrons. The zero-order valence-corrected chi connectivity index (χ0v) is 16.5. The number of nitrogens with one attached hydrogen (secondary N) is 1. The number of piperazine rings is 1. The minimum absolute atomic E-state index is 0. The van der Waals surface area contributed by atoms with Gasteiger partial charge in [0.1, 0.15) is 0 Å². The van der Waals surface area contributed by atoms with Gasteiger partial charge in [-0.05, 0) is 24.2 Å². The van der Waals surface area contributed by atoms with E-state index in [1.54, 1.807) is 0 Å². The maximum Gasteiger partial charge on any atom is 0.224 e. The highest BCUT2D eigenvalue weighted by molar-refractivity contribution is 5.86. The van der Waals surface area contributed by atoms with Crippen molar-refractivity contribution in [3.8, 4) is 0 Å². The Morgan fingerprint density at radius 1 is 1.04 bits per heavy atom. The van der Waals surface area contributed by atoms with E-state index in [9.17, 15) is 4.79 Å². The van der Waals surface area contributed by atoms with E-state index in [2.05, 4.69) is 22.0 Å². The van der Waals surface area contributed by atoms with Gasteiger partial charge in [0.05, 0.1) is 6.42 Å². The minimum atomic E-state index is 0. The molecule has 1 fully saturated rings. The number of likely N-dealkylation sites (N-methyl/N-ethyl adjacent to an activating group) is 1. The Kier molecular flexibility index (Phi) is 14.4. The summed E-state index contributed by atoms with van der Waals surface area (Å²) in [5.74, 6) is 0.0759. The Morgan fingerprint density at radius 3 is 2.12 bits per heavy atom. The van der Waals surface area contributed by atoms with Crippen molar-refractivity contribution in [2.45, 2.75) is 13.3 Å². The predicted octanol–water partition coefficient (Wildman–Crippen LogP) is 1.83. The van der Waals surface area contributed by atoms with Crippen LogP contribution in [0.3, 0.4) is 0 Å². The minimum Gasteiger partial charge on any atom is -0.399 e. The van der Waals surface area contributed by atoms with Crippen LogP contribution in [-0.2, 0) is 11.2 Å². The fraction of sp³-hybridized carbons (Fsp3) is 0.562. The van der Waals surface area contributed by atoms with Gasteiger partial charge in [-0.2, -0.15) is 0 Å². The average molecular weight is 400 g/mol. The molecule has 1 heterocycles. The highest BCUT2D eigenvalue weighted by Gasteiger charge is 2.14. The summed E-state index contributed by atoms with van der Waals surface area (Å²) in [7, 11) is 0. The van der Waals surface area contributed by atoms with Crippen LogP contribution in [0.4, 0.5) is 5.69 Å². The van der Waals surface area contributed by atoms with Crippen molar-refractivity contribution in [2.75, 3.05) is 51.5 Å². The first-order valence-electron chi connectivity index (χ1n) is 7.73. The van der Waals surface area contributed by atoms with Gasteiger partial charge in [0.25, 0.3) is 0 Å². The second-order valence-electron chi connectivity index (χ2n) is 5.54. The Morgan fingerprint density at radius 2 is 1.58 bits per heavy atom. The molecular formula is C16H29Cl3N4O. The molecule has 1 saturated heterocycles. The van der Waals surface area contributed by atoms with Crippen LogP contribution < -0.4 is 11.1 Å². The quantitative estimate of drug-likeness (QED) is 0.716. The second kappa shape index (κ2) is 13.6. The van der Waals surface area contributed by atoms with E-state index in [4.69, 9.17) is 5.73 Å². The summed E-state index contributed by atoms with van der Waals surface area (Å²) in [5, 5.41) is 2.99. The van der Waals surface area contributed by atoms with Crippen LogP contribution in [0.2, 0.25) is 0 Å². The maximum absolute atomic E-state index is 11.9. The third-order valence-electron chi connectivity index (χ3n) is 4.01. The number of hydrogen-bond donors (Lipinski definition) is 2. The van der Waals surface area contributed by atoms with Gasteiger partial charge in [0.15, 0.2) is 0 Å². The number of nitrogen functional groups attached to an aromatic ring is 1. The molecule has 2 rings (SSSR count). The maximum atomic E-state index is 11.9. The molecule has 1 aromatic rings. The lowest BCUT2D eigenvalue weighted by Gasteiger charge is -2.33. The van der Waals surface area contributed by atoms with E-state index >= 15 is 0 Å². The number of halogens is 3. The fourth-order valence-electron chi connectivity index (χ4n) is 2.57. The number of carbonyl (C=O) groups is 1. The topological polar surface area (TPSA) is 61.6 Å². The Labute approximate surface area is 163 Å². The number of nitrogens with zero attached hydrogens (tertiary/aromatic N) is 2. The van der Waals surface area contributed by atoms with Crippen molar-refractivity contribution in [2.24, 2.45) is 0 Å². The third kappa shape index (κ3) is 8.94. The number of nitrogens with two attached hydrogens (primary N) is 1. The molecule has 3 N–H and O–H groups in total. The molecule has 0 unspecified atom stereocenters. The zero-order chi connectivity index (χ0) is 15.1. The van der Waals surface area contributed by atoms with Crippen LogP contribution in [0.25, 0.3) is 0 Å². The van der Waals surface area contributed by atoms with E-state index < -0.39 is 0 Å². The lowest BCUT2D eigenvalue weighted by Crippen LogP contribution is -2.48. The highest BCUT2D eigenvalue weighted by Crippen LogP contribution is 2.06. The van der Waals surface area contributed by atoms with Crippen molar-refractivity contribution in [3.05, 3.63) is 29.8 Å². The van der Waals surface area contributed by atoms with Crippen LogP contribution in [0.5, 0.6) is 0 Å². The van der Waals surface area contributed by atoms with Crippen molar-refractivity contribution in [3.63, 3.8) is 0 Å². The molecule has 0 bridgehead atoms. The SMILES string of the molecule is CCN1CCN(CCNC(=O)Cc2ccc(N)cc2)CC1.Cl.Cl.Cl. The smallest absolute Gasteiger partial charge is 0.224 e. The van der Waals surface area contributed by atoms with Gasteiger partial charge >= 0.3 is 0 Å². The molecule has 1 aliphatic heterocycles. The third-order valence-corrected chi connectivity index (χ3v) is 4.01. The number of anilines is 1. The number of hydrogen-bond acceptors (Lipinski definition) is 4. The largest absolute Gasteiger partial charge is 0.399 e. The normalized spacial score (nSPS) is 14.7. The Bertz CT molecular complexity index is 451. The van der Waals surface area contributed by atoms with Crippen LogP contribution in [0.15, 0.2) is 24.3 Å². The van der Waals surface area contributed by atoms with E-state index in [0.29, 0.717) is 6.42 Å². The fourth-order valence-corrected chi connectivity index (χ4v) is 2.57. The summed E-state index contributed by atoms with van der Waals surface area (Å²) >= 11 is 0. The molecule has 0 spiro atoms. The zero-order valence-electron chi connectivity index (χ0n) is 14.1. The molecule has 140 valence electrons. The summed E-state index contributed by atoms with van der Waals surface area (Å²) in [5.41, 5.74) is 7.36. The van der Waals surface area contributed by atoms with Gasteiger partial charge in [0, 0.05) is 45.0 Å². The van der Waals surface area contributed by atoms with Gasteiger partial charge in [-0.1, -0.05) is 19.1 Å². The van der Waals surface area contributed by atoms with Crippen LogP contribution in [0, 0.1) is 0 Å². The molecule has 24 heavy (non-hydrogen) atoms. The van der Waals surface area contributed by atoms with Gasteiger partial charge in [-0.15, -0.1) is 37.2 Å². The van der Waals surface area contributed by atoms with Crippen molar-refractivity contribution < 1.29 is 4.79 Å². The van der Waals surface area contributed by atoms with E-state index in [1.807, 2.05) is 24.3 Å². The standard InChI is InChI=1S/C16H26N4O.3ClH/c1-2-19-9-11-20(12-10-19)8-7-18-16(21)13-14-3-5-15(17)6-4-14;;;/h3-6H,2,7-13,17H2,1H3,(H,18,21);3*1H. The lowest BCUT2D eigenvalue weighted by molar-refractivity contribution is -0.120. The first kappa shape index (κ1) is 25.5. The second-order valence-corrected chi connectivity index (χ2v) is 5.54. The molecule has 1 aromatic carbocycles. The Balaban J connectivity index is 0. The van der Waals surface area contributed by atoms with Crippen LogP contribution in [0.1, 0.15) is 12.5 Å². The number of rotatable bonds is 6. The summed E-state index contributed by atoms with van der Waals surface area (Å²) in [6.45, 7) is 9.46. The lowest BCUT2D eigenvalue weighted by atomic mass is 10.1. The first-order valence-corrected chi connectivity index (χ1v) is 7.73. The first-order chi connectivity index (χ1) is 10.2. The van der Waals surface area contributed by atoms with E-state index in [1.165, 1.54) is 0 Å². The molecule has 8 heteroatoms. The average Bonchev–Trinajstić information content (AvgIpc) is 2.50. The number of amides is 1. The molecular weight excluding hydrogens is 371 g/mol. The van der Waals surface area contributed by atoms with Gasteiger partial charge < -0.3 is 16.0 Å². The summed E-state index contributed by atoms with van der Waals surface area (Å²) in [4.78, 5) is 16.7. The van der Waals surface area contributed by atoms with Crippen LogP contribution in [-0.4, -0.2) is 61.5 Å². The van der Waals surface area contributed by atoms with Crippen molar-refractivity contribution >= 4 is 48.8 Å². The molecule has 0 aromatic heterocycles. The molecule has 1 amide bonds. The monoisotopic (exact) mass is 398 g/mol. The van der Waals surface area contributed by atoms with Crippen molar-refractivity contribution in [1.29, 1.82) is 0 Å². The summed E-state index contributed by atoms with van der Waals surface area (Å²) in [6, 6.07) is 7.46. The molecule has 1 aliphatic rings. The number of carbonyl (C=O) groups excluding carboxylic acids is 1. The van der Waals surface area contributed by atoms with Gasteiger partial charge in [-0.25, -0.2) is 0 Å². The van der Waals surface area contributed by atoms with Gasteiger partial charge in [0.2, 0.25) is 5.91 Å². The Hall–Kier alpha value is -0.720. The number of benzene rings is 1. The molecule has 5 nitrogen and oxygen atoms in total. The van der Waals surface area contributed by atoms with Gasteiger partial charge in [-0.3, -0.25) is 9.69 Å². The van der Waals surface area contributed by atoms with E-state index in [0.717, 1.165) is 57.1 Å². The van der Waals surface area contributed by atoms with Crippen molar-refractivity contribution in [1.82, 2.24) is 15.1 Å².